The van der Waals surface area contributed by atoms with Crippen molar-refractivity contribution < 1.29 is 0 Å². The summed E-state index contributed by atoms with van der Waals surface area (Å²) in [6.07, 6.45) is 8.03. The summed E-state index contributed by atoms with van der Waals surface area (Å²) in [6, 6.07) is 31.3. The van der Waals surface area contributed by atoms with Crippen molar-refractivity contribution >= 4 is 37.9 Å². The number of allylic oxidation sites excluding steroid dienone is 5. The van der Waals surface area contributed by atoms with E-state index >= 15 is 0 Å². The number of aryl methyl sites for hydroxylation is 1. The van der Waals surface area contributed by atoms with Crippen molar-refractivity contribution in [2.75, 3.05) is 0 Å². The topological polar surface area (TPSA) is 0 Å². The molecule has 6 rings (SSSR count). The average Bonchev–Trinajstić information content (AvgIpc) is 2.87. The fraction of sp³-hybridized carbons (Fsp3) is 0.118. The Morgan fingerprint density at radius 1 is 0.735 bits per heavy atom. The van der Waals surface area contributed by atoms with E-state index in [1.54, 1.807) is 0 Å². The third kappa shape index (κ3) is 3.30. The van der Waals surface area contributed by atoms with Gasteiger partial charge < -0.3 is 0 Å². The first-order valence-corrected chi connectivity index (χ1v) is 12.1. The normalized spacial score (nSPS) is 15.7. The molecule has 0 bridgehead atoms. The molecule has 5 aromatic rings. The molecule has 0 heteroatoms. The van der Waals surface area contributed by atoms with Gasteiger partial charge in [-0.25, -0.2) is 0 Å². The van der Waals surface area contributed by atoms with E-state index in [9.17, 15) is 0 Å². The zero-order valence-corrected chi connectivity index (χ0v) is 19.8. The quantitative estimate of drug-likeness (QED) is 0.195. The molecule has 0 heterocycles. The smallest absolute Gasteiger partial charge is 0.000945 e. The van der Waals surface area contributed by atoms with E-state index in [0.717, 1.165) is 6.42 Å². The average molecular weight is 437 g/mol. The van der Waals surface area contributed by atoms with Gasteiger partial charge >= 0.3 is 0 Å². The van der Waals surface area contributed by atoms with Crippen molar-refractivity contribution in [3.8, 4) is 11.1 Å². The van der Waals surface area contributed by atoms with E-state index in [2.05, 4.69) is 124 Å². The second-order valence-corrected chi connectivity index (χ2v) is 9.56. The number of rotatable bonds is 3. The van der Waals surface area contributed by atoms with Gasteiger partial charge in [0, 0.05) is 5.92 Å². The molecule has 0 amide bonds. The molecular formula is C34H28. The lowest BCUT2D eigenvalue weighted by molar-refractivity contribution is 0.773. The summed E-state index contributed by atoms with van der Waals surface area (Å²) in [5.74, 6) is 0.432. The Morgan fingerprint density at radius 2 is 1.38 bits per heavy atom. The van der Waals surface area contributed by atoms with E-state index < -0.39 is 0 Å². The maximum atomic E-state index is 4.17. The SMILES string of the molecule is C=C(C)C1C=CC(c2c3ccccc3c(-c3ccc4cccc(C)c4c3)c3ccccc23)=CC1. The first-order chi connectivity index (χ1) is 16.6. The first kappa shape index (κ1) is 20.7. The highest BCUT2D eigenvalue weighted by Gasteiger charge is 2.19. The van der Waals surface area contributed by atoms with Crippen molar-refractivity contribution in [2.24, 2.45) is 5.92 Å². The van der Waals surface area contributed by atoms with Crippen LogP contribution in [-0.4, -0.2) is 0 Å². The predicted octanol–water partition coefficient (Wildman–Crippen LogP) is 9.66. The lowest BCUT2D eigenvalue weighted by Crippen LogP contribution is -2.01. The van der Waals surface area contributed by atoms with Gasteiger partial charge in [0.2, 0.25) is 0 Å². The number of benzene rings is 5. The van der Waals surface area contributed by atoms with Gasteiger partial charge in [-0.1, -0.05) is 109 Å². The predicted molar refractivity (Wildman–Crippen MR) is 149 cm³/mol. The summed E-state index contributed by atoms with van der Waals surface area (Å²) in [7, 11) is 0. The molecule has 0 spiro atoms. The zero-order chi connectivity index (χ0) is 23.2. The summed E-state index contributed by atoms with van der Waals surface area (Å²) in [4.78, 5) is 0. The minimum absolute atomic E-state index is 0.432. The van der Waals surface area contributed by atoms with E-state index in [1.165, 1.54) is 65.7 Å². The second kappa shape index (κ2) is 8.15. The lowest BCUT2D eigenvalue weighted by Gasteiger charge is -2.21. The van der Waals surface area contributed by atoms with Crippen molar-refractivity contribution in [1.29, 1.82) is 0 Å². The number of hydrogen-bond donors (Lipinski definition) is 0. The summed E-state index contributed by atoms with van der Waals surface area (Å²) >= 11 is 0. The van der Waals surface area contributed by atoms with E-state index in [-0.39, 0.29) is 0 Å². The Balaban J connectivity index is 1.67. The Labute approximate surface area is 201 Å². The standard InChI is InChI=1S/C34H28/c1-22(2)24-15-18-26(19-16-24)33-28-11-4-6-13-30(28)34(31-14-7-5-12-29(31)33)27-20-17-25-10-8-9-23(3)32(25)21-27/h4-15,17-21,24H,1,16H2,2-3H3. The Morgan fingerprint density at radius 3 is 1.97 bits per heavy atom. The van der Waals surface area contributed by atoms with Gasteiger partial charge in [-0.3, -0.25) is 0 Å². The van der Waals surface area contributed by atoms with Crippen LogP contribution in [0.5, 0.6) is 0 Å². The van der Waals surface area contributed by atoms with Crippen molar-refractivity contribution in [2.45, 2.75) is 20.3 Å². The fourth-order valence-corrected chi connectivity index (χ4v) is 5.51. The molecule has 164 valence electrons. The molecule has 0 saturated heterocycles. The minimum atomic E-state index is 0.432. The molecule has 1 aliphatic rings. The van der Waals surface area contributed by atoms with Gasteiger partial charge in [0.1, 0.15) is 0 Å². The minimum Gasteiger partial charge on any atom is -0.0995 e. The van der Waals surface area contributed by atoms with Crippen LogP contribution in [0.4, 0.5) is 0 Å². The van der Waals surface area contributed by atoms with Gasteiger partial charge in [0.25, 0.3) is 0 Å². The van der Waals surface area contributed by atoms with Crippen molar-refractivity contribution in [3.63, 3.8) is 0 Å². The maximum absolute atomic E-state index is 4.17. The van der Waals surface area contributed by atoms with Crippen LogP contribution in [0.2, 0.25) is 0 Å². The van der Waals surface area contributed by atoms with Crippen LogP contribution >= 0.6 is 0 Å². The highest BCUT2D eigenvalue weighted by atomic mass is 14.2. The van der Waals surface area contributed by atoms with Crippen LogP contribution in [0, 0.1) is 12.8 Å². The van der Waals surface area contributed by atoms with Gasteiger partial charge in [-0.05, 0) is 86.5 Å². The van der Waals surface area contributed by atoms with Crippen molar-refractivity contribution in [3.05, 3.63) is 126 Å². The Kier molecular flexibility index (Phi) is 4.96. The maximum Gasteiger partial charge on any atom is 0.000945 e. The molecule has 0 N–H and O–H groups in total. The van der Waals surface area contributed by atoms with Crippen LogP contribution in [-0.2, 0) is 0 Å². The highest BCUT2D eigenvalue weighted by Crippen LogP contribution is 2.43. The molecule has 0 nitrogen and oxygen atoms in total. The van der Waals surface area contributed by atoms with Crippen LogP contribution in [0.15, 0.2) is 115 Å². The van der Waals surface area contributed by atoms with Gasteiger partial charge in [-0.15, -0.1) is 0 Å². The zero-order valence-electron chi connectivity index (χ0n) is 19.8. The van der Waals surface area contributed by atoms with E-state index in [4.69, 9.17) is 0 Å². The fourth-order valence-electron chi connectivity index (χ4n) is 5.51. The van der Waals surface area contributed by atoms with Crippen molar-refractivity contribution in [1.82, 2.24) is 0 Å². The summed E-state index contributed by atoms with van der Waals surface area (Å²) in [5, 5.41) is 7.84. The molecule has 0 aromatic heterocycles. The molecule has 34 heavy (non-hydrogen) atoms. The molecule has 0 aliphatic heterocycles. The summed E-state index contributed by atoms with van der Waals surface area (Å²) in [5.41, 5.74) is 7.78. The molecule has 0 fully saturated rings. The third-order valence-electron chi connectivity index (χ3n) is 7.34. The Bertz CT molecular complexity index is 1600. The second-order valence-electron chi connectivity index (χ2n) is 9.56. The number of fused-ring (bicyclic) bond motifs is 3. The monoisotopic (exact) mass is 436 g/mol. The highest BCUT2D eigenvalue weighted by molar-refractivity contribution is 6.19. The summed E-state index contributed by atoms with van der Waals surface area (Å²) < 4.78 is 0. The van der Waals surface area contributed by atoms with E-state index in [0.29, 0.717) is 5.92 Å². The van der Waals surface area contributed by atoms with Crippen LogP contribution in [0.1, 0.15) is 24.5 Å². The first-order valence-electron chi connectivity index (χ1n) is 12.1. The Hall–Kier alpha value is -3.90. The van der Waals surface area contributed by atoms with Crippen LogP contribution < -0.4 is 0 Å². The van der Waals surface area contributed by atoms with Gasteiger partial charge in [0.05, 0.1) is 0 Å². The molecule has 1 atom stereocenters. The number of hydrogen-bond acceptors (Lipinski definition) is 0. The molecule has 0 radical (unpaired) electrons. The van der Waals surface area contributed by atoms with Crippen LogP contribution in [0.25, 0.3) is 49.0 Å². The molecular weight excluding hydrogens is 408 g/mol. The lowest BCUT2D eigenvalue weighted by atomic mass is 9.82. The summed E-state index contributed by atoms with van der Waals surface area (Å²) in [6.45, 7) is 8.49. The molecule has 0 saturated carbocycles. The van der Waals surface area contributed by atoms with Crippen LogP contribution in [0.3, 0.4) is 0 Å². The largest absolute Gasteiger partial charge is 0.0995 e. The molecule has 5 aromatic carbocycles. The third-order valence-corrected chi connectivity index (χ3v) is 7.34. The molecule has 1 unspecified atom stereocenters. The molecule has 1 aliphatic carbocycles. The van der Waals surface area contributed by atoms with Gasteiger partial charge in [0.15, 0.2) is 0 Å². The van der Waals surface area contributed by atoms with Gasteiger partial charge in [-0.2, -0.15) is 0 Å². The van der Waals surface area contributed by atoms with E-state index in [1.807, 2.05) is 0 Å².